The molecule has 1 saturated heterocycles. The van der Waals surface area contributed by atoms with Gasteiger partial charge in [-0.2, -0.15) is 9.97 Å². The highest BCUT2D eigenvalue weighted by molar-refractivity contribution is 9.10. The van der Waals surface area contributed by atoms with E-state index in [0.29, 0.717) is 25.0 Å². The summed E-state index contributed by atoms with van der Waals surface area (Å²) in [7, 11) is 1.58. The summed E-state index contributed by atoms with van der Waals surface area (Å²) in [5.41, 5.74) is 1.59. The van der Waals surface area contributed by atoms with E-state index in [9.17, 15) is 0 Å². The van der Waals surface area contributed by atoms with Crippen LogP contribution in [0, 0.1) is 0 Å². The molecule has 1 fully saturated rings. The second kappa shape index (κ2) is 6.60. The molecule has 4 heterocycles. The third-order valence-corrected chi connectivity index (χ3v) is 4.67. The van der Waals surface area contributed by atoms with E-state index in [1.165, 1.54) is 0 Å². The van der Waals surface area contributed by atoms with Crippen LogP contribution in [0.5, 0.6) is 5.88 Å². The Labute approximate surface area is 152 Å². The molecule has 25 heavy (non-hydrogen) atoms. The molecule has 0 atom stereocenters. The highest BCUT2D eigenvalue weighted by Crippen LogP contribution is 2.27. The lowest BCUT2D eigenvalue weighted by atomic mass is 10.3. The molecule has 0 amide bonds. The monoisotopic (exact) mass is 407 g/mol. The summed E-state index contributed by atoms with van der Waals surface area (Å²) in [5.74, 6) is 1.77. The normalized spacial score (nSPS) is 15.1. The number of methoxy groups -OCH3 is 1. The standard InChI is InChI=1S/C15H18BrN7O2/c1-3-21-9-17-11-12(21)18-15(23-8-10(16)14(20-23)24-2)19-13(11)22-4-6-25-7-5-22/h8-9H,3-7H2,1-2H3. The molecule has 0 N–H and O–H groups in total. The van der Waals surface area contributed by atoms with Crippen molar-refractivity contribution < 1.29 is 9.47 Å². The van der Waals surface area contributed by atoms with Gasteiger partial charge < -0.3 is 18.9 Å². The molecule has 0 saturated carbocycles. The van der Waals surface area contributed by atoms with Crippen molar-refractivity contribution in [2.45, 2.75) is 13.5 Å². The quantitative estimate of drug-likeness (QED) is 0.649. The second-order valence-corrected chi connectivity index (χ2v) is 6.43. The molecule has 0 unspecified atom stereocenters. The summed E-state index contributed by atoms with van der Waals surface area (Å²) in [6, 6.07) is 0. The lowest BCUT2D eigenvalue weighted by molar-refractivity contribution is 0.122. The van der Waals surface area contributed by atoms with Crippen molar-refractivity contribution in [3.05, 3.63) is 17.0 Å². The van der Waals surface area contributed by atoms with Crippen molar-refractivity contribution >= 4 is 32.9 Å². The molecular formula is C15H18BrN7O2. The predicted molar refractivity (Wildman–Crippen MR) is 95.4 cm³/mol. The molecular weight excluding hydrogens is 390 g/mol. The minimum atomic E-state index is 0.480. The van der Waals surface area contributed by atoms with Gasteiger partial charge in [-0.1, -0.05) is 0 Å². The Morgan fingerprint density at radius 1 is 1.28 bits per heavy atom. The Bertz CT molecular complexity index is 901. The van der Waals surface area contributed by atoms with Gasteiger partial charge in [0.2, 0.25) is 5.88 Å². The third kappa shape index (κ3) is 2.85. The zero-order chi connectivity index (χ0) is 17.4. The van der Waals surface area contributed by atoms with Gasteiger partial charge >= 0.3 is 0 Å². The number of morpholine rings is 1. The highest BCUT2D eigenvalue weighted by Gasteiger charge is 2.21. The van der Waals surface area contributed by atoms with E-state index >= 15 is 0 Å². The average Bonchev–Trinajstić information content (AvgIpc) is 3.24. The number of ether oxygens (including phenoxy) is 2. The number of fused-ring (bicyclic) bond motifs is 1. The van der Waals surface area contributed by atoms with Crippen molar-refractivity contribution in [2.75, 3.05) is 38.3 Å². The summed E-state index contributed by atoms with van der Waals surface area (Å²) in [6.45, 7) is 5.74. The molecule has 0 aromatic carbocycles. The largest absolute Gasteiger partial charge is 0.479 e. The van der Waals surface area contributed by atoms with Gasteiger partial charge in [0.05, 0.1) is 37.3 Å². The molecule has 1 aliphatic heterocycles. The molecule has 132 valence electrons. The third-order valence-electron chi connectivity index (χ3n) is 4.12. The number of aromatic nitrogens is 6. The van der Waals surface area contributed by atoms with Gasteiger partial charge in [-0.25, -0.2) is 9.67 Å². The van der Waals surface area contributed by atoms with Crippen LogP contribution in [-0.4, -0.2) is 62.7 Å². The Morgan fingerprint density at radius 2 is 2.08 bits per heavy atom. The Hall–Kier alpha value is -2.20. The number of rotatable bonds is 4. The SMILES string of the molecule is CCn1cnc2c(N3CCOCC3)nc(-n3cc(Br)c(OC)n3)nc21. The minimum Gasteiger partial charge on any atom is -0.479 e. The van der Waals surface area contributed by atoms with E-state index in [1.54, 1.807) is 24.3 Å². The van der Waals surface area contributed by atoms with Crippen molar-refractivity contribution in [3.8, 4) is 11.8 Å². The second-order valence-electron chi connectivity index (χ2n) is 5.58. The fourth-order valence-corrected chi connectivity index (χ4v) is 3.26. The van der Waals surface area contributed by atoms with Crippen molar-refractivity contribution in [2.24, 2.45) is 0 Å². The van der Waals surface area contributed by atoms with Crippen LogP contribution >= 0.6 is 15.9 Å². The van der Waals surface area contributed by atoms with Gasteiger partial charge in [-0.3, -0.25) is 0 Å². The first kappa shape index (κ1) is 16.3. The van der Waals surface area contributed by atoms with E-state index < -0.39 is 0 Å². The van der Waals surface area contributed by atoms with E-state index in [1.807, 2.05) is 4.57 Å². The summed E-state index contributed by atoms with van der Waals surface area (Å²) in [6.07, 6.45) is 3.59. The van der Waals surface area contributed by atoms with Gasteiger partial charge in [0.25, 0.3) is 5.95 Å². The Morgan fingerprint density at radius 3 is 2.76 bits per heavy atom. The molecule has 4 rings (SSSR count). The minimum absolute atomic E-state index is 0.480. The molecule has 3 aromatic heterocycles. The highest BCUT2D eigenvalue weighted by atomic mass is 79.9. The maximum atomic E-state index is 5.46. The van der Waals surface area contributed by atoms with Crippen molar-refractivity contribution in [1.29, 1.82) is 0 Å². The van der Waals surface area contributed by atoms with E-state index in [4.69, 9.17) is 14.5 Å². The van der Waals surface area contributed by atoms with E-state index in [2.05, 4.69) is 42.8 Å². The van der Waals surface area contributed by atoms with Gasteiger partial charge in [-0.05, 0) is 22.9 Å². The van der Waals surface area contributed by atoms with Crippen LogP contribution in [0.1, 0.15) is 6.92 Å². The zero-order valence-corrected chi connectivity index (χ0v) is 15.6. The lowest BCUT2D eigenvalue weighted by Crippen LogP contribution is -2.37. The van der Waals surface area contributed by atoms with Crippen LogP contribution in [0.2, 0.25) is 0 Å². The van der Waals surface area contributed by atoms with Crippen LogP contribution in [0.3, 0.4) is 0 Å². The van der Waals surface area contributed by atoms with E-state index in [0.717, 1.165) is 41.1 Å². The molecule has 0 spiro atoms. The number of imidazole rings is 1. The topological polar surface area (TPSA) is 83.1 Å². The molecule has 3 aromatic rings. The van der Waals surface area contributed by atoms with Crippen molar-refractivity contribution in [3.63, 3.8) is 0 Å². The number of aryl methyl sites for hydroxylation is 1. The Balaban J connectivity index is 1.88. The molecule has 1 aliphatic rings. The molecule has 0 bridgehead atoms. The van der Waals surface area contributed by atoms with Gasteiger partial charge in [0, 0.05) is 19.6 Å². The molecule has 10 heteroatoms. The number of nitrogens with zero attached hydrogens (tertiary/aromatic N) is 7. The Kier molecular flexibility index (Phi) is 4.30. The summed E-state index contributed by atoms with van der Waals surface area (Å²) >= 11 is 3.43. The van der Waals surface area contributed by atoms with Gasteiger partial charge in [-0.15, -0.1) is 5.10 Å². The lowest BCUT2D eigenvalue weighted by Gasteiger charge is -2.28. The van der Waals surface area contributed by atoms with Crippen LogP contribution in [0.15, 0.2) is 17.0 Å². The maximum absolute atomic E-state index is 5.46. The number of hydrogen-bond donors (Lipinski definition) is 0. The first-order valence-corrected chi connectivity index (χ1v) is 8.85. The molecule has 0 aliphatic carbocycles. The fraction of sp³-hybridized carbons (Fsp3) is 0.467. The zero-order valence-electron chi connectivity index (χ0n) is 14.0. The summed E-state index contributed by atoms with van der Waals surface area (Å²) in [5, 5.41) is 4.38. The van der Waals surface area contributed by atoms with E-state index in [-0.39, 0.29) is 0 Å². The maximum Gasteiger partial charge on any atom is 0.254 e. The average molecular weight is 408 g/mol. The van der Waals surface area contributed by atoms with Crippen LogP contribution in [0.4, 0.5) is 5.82 Å². The number of halogens is 1. The number of anilines is 1. The smallest absolute Gasteiger partial charge is 0.254 e. The first-order chi connectivity index (χ1) is 12.2. The van der Waals surface area contributed by atoms with Gasteiger partial charge in [0.15, 0.2) is 17.0 Å². The van der Waals surface area contributed by atoms with Crippen LogP contribution in [-0.2, 0) is 11.3 Å². The number of hydrogen-bond acceptors (Lipinski definition) is 7. The van der Waals surface area contributed by atoms with Gasteiger partial charge in [0.1, 0.15) is 0 Å². The summed E-state index contributed by atoms with van der Waals surface area (Å²) in [4.78, 5) is 16.1. The van der Waals surface area contributed by atoms with Crippen molar-refractivity contribution in [1.82, 2.24) is 29.3 Å². The predicted octanol–water partition coefficient (Wildman–Crippen LogP) is 1.64. The summed E-state index contributed by atoms with van der Waals surface area (Å²) < 4.78 is 15.0. The van der Waals surface area contributed by atoms with Crippen LogP contribution in [0.25, 0.3) is 17.1 Å². The fourth-order valence-electron chi connectivity index (χ4n) is 2.83. The van der Waals surface area contributed by atoms with Crippen LogP contribution < -0.4 is 9.64 Å². The first-order valence-electron chi connectivity index (χ1n) is 8.06. The molecule has 9 nitrogen and oxygen atoms in total. The molecule has 0 radical (unpaired) electrons.